The van der Waals surface area contributed by atoms with Crippen molar-refractivity contribution in [2.45, 2.75) is 38.2 Å². The lowest BCUT2D eigenvalue weighted by molar-refractivity contribution is -0.139. The summed E-state index contributed by atoms with van der Waals surface area (Å²) in [5.74, 6) is 0.486. The molecule has 0 aliphatic heterocycles. The second-order valence-corrected chi connectivity index (χ2v) is 5.07. The van der Waals surface area contributed by atoms with Gasteiger partial charge in [0.2, 0.25) is 0 Å². The molecule has 2 atom stereocenters. The van der Waals surface area contributed by atoms with Crippen LogP contribution in [-0.2, 0) is 16.0 Å². The van der Waals surface area contributed by atoms with Gasteiger partial charge in [-0.15, -0.1) is 0 Å². The SMILES string of the molecule is COC(=O)Cc1ccc(OC2CCCCC2C#N)cc1. The molecular formula is C16H19NO3. The maximum atomic E-state index is 11.2. The monoisotopic (exact) mass is 273 g/mol. The first-order chi connectivity index (χ1) is 9.72. The summed E-state index contributed by atoms with van der Waals surface area (Å²) in [5, 5.41) is 9.13. The van der Waals surface area contributed by atoms with Gasteiger partial charge in [0.05, 0.1) is 25.5 Å². The van der Waals surface area contributed by atoms with E-state index in [0.29, 0.717) is 0 Å². The molecule has 20 heavy (non-hydrogen) atoms. The van der Waals surface area contributed by atoms with E-state index >= 15 is 0 Å². The molecule has 1 fully saturated rings. The lowest BCUT2D eigenvalue weighted by Gasteiger charge is -2.27. The van der Waals surface area contributed by atoms with Gasteiger partial charge in [-0.1, -0.05) is 18.6 Å². The van der Waals surface area contributed by atoms with Gasteiger partial charge in [-0.25, -0.2) is 0 Å². The number of carbonyl (C=O) groups is 1. The van der Waals surface area contributed by atoms with Crippen molar-refractivity contribution in [2.24, 2.45) is 5.92 Å². The second-order valence-electron chi connectivity index (χ2n) is 5.07. The molecule has 1 aromatic carbocycles. The normalized spacial score (nSPS) is 21.8. The molecule has 106 valence electrons. The van der Waals surface area contributed by atoms with E-state index in [1.165, 1.54) is 7.11 Å². The van der Waals surface area contributed by atoms with Gasteiger partial charge in [0.15, 0.2) is 0 Å². The number of carbonyl (C=O) groups excluding carboxylic acids is 1. The first-order valence-corrected chi connectivity index (χ1v) is 6.95. The molecule has 4 nitrogen and oxygen atoms in total. The summed E-state index contributed by atoms with van der Waals surface area (Å²) in [5.41, 5.74) is 0.893. The molecule has 2 rings (SSSR count). The Hall–Kier alpha value is -2.02. The Morgan fingerprint density at radius 2 is 2.00 bits per heavy atom. The van der Waals surface area contributed by atoms with Crippen LogP contribution in [0, 0.1) is 17.2 Å². The predicted molar refractivity (Wildman–Crippen MR) is 74.1 cm³/mol. The molecule has 1 aliphatic carbocycles. The van der Waals surface area contributed by atoms with Gasteiger partial charge in [-0.3, -0.25) is 4.79 Å². The van der Waals surface area contributed by atoms with E-state index in [-0.39, 0.29) is 24.4 Å². The van der Waals surface area contributed by atoms with Crippen molar-refractivity contribution in [1.82, 2.24) is 0 Å². The summed E-state index contributed by atoms with van der Waals surface area (Å²) >= 11 is 0. The molecule has 0 heterocycles. The van der Waals surface area contributed by atoms with E-state index in [2.05, 4.69) is 10.8 Å². The number of methoxy groups -OCH3 is 1. The Bertz CT molecular complexity index is 489. The largest absolute Gasteiger partial charge is 0.489 e. The van der Waals surface area contributed by atoms with Crippen LogP contribution in [0.25, 0.3) is 0 Å². The van der Waals surface area contributed by atoms with E-state index in [1.54, 1.807) is 0 Å². The topological polar surface area (TPSA) is 59.3 Å². The molecule has 1 aromatic rings. The number of rotatable bonds is 4. The van der Waals surface area contributed by atoms with Crippen molar-refractivity contribution in [3.8, 4) is 11.8 Å². The standard InChI is InChI=1S/C16H19NO3/c1-19-16(18)10-12-6-8-14(9-7-12)20-15-5-3-2-4-13(15)11-17/h6-9,13,15H,2-5,10H2,1H3. The van der Waals surface area contributed by atoms with Crippen molar-refractivity contribution >= 4 is 5.97 Å². The summed E-state index contributed by atoms with van der Waals surface area (Å²) in [7, 11) is 1.38. The zero-order valence-corrected chi connectivity index (χ0v) is 11.7. The van der Waals surface area contributed by atoms with Crippen LogP contribution in [0.5, 0.6) is 5.75 Å². The summed E-state index contributed by atoms with van der Waals surface area (Å²) in [4.78, 5) is 11.2. The first kappa shape index (κ1) is 14.4. The van der Waals surface area contributed by atoms with Gasteiger partial charge in [0.25, 0.3) is 0 Å². The highest BCUT2D eigenvalue weighted by molar-refractivity contribution is 5.72. The summed E-state index contributed by atoms with van der Waals surface area (Å²) in [6.45, 7) is 0. The van der Waals surface area contributed by atoms with Crippen LogP contribution < -0.4 is 4.74 Å². The predicted octanol–water partition coefficient (Wildman–Crippen LogP) is 2.86. The average molecular weight is 273 g/mol. The first-order valence-electron chi connectivity index (χ1n) is 6.95. The van der Waals surface area contributed by atoms with E-state index in [0.717, 1.165) is 37.0 Å². The zero-order valence-electron chi connectivity index (χ0n) is 11.7. The minimum Gasteiger partial charge on any atom is -0.489 e. The number of esters is 1. The highest BCUT2D eigenvalue weighted by Gasteiger charge is 2.26. The molecule has 1 aliphatic rings. The van der Waals surface area contributed by atoms with E-state index in [4.69, 9.17) is 10.00 Å². The average Bonchev–Trinajstić information content (AvgIpc) is 2.49. The van der Waals surface area contributed by atoms with E-state index < -0.39 is 0 Å². The zero-order chi connectivity index (χ0) is 14.4. The van der Waals surface area contributed by atoms with E-state index in [9.17, 15) is 4.79 Å². The molecule has 0 amide bonds. The highest BCUT2D eigenvalue weighted by atomic mass is 16.5. The van der Waals surface area contributed by atoms with Crippen LogP contribution in [-0.4, -0.2) is 19.2 Å². The lowest BCUT2D eigenvalue weighted by atomic mass is 9.87. The Labute approximate surface area is 119 Å². The Kier molecular flexibility index (Phi) is 5.00. The summed E-state index contributed by atoms with van der Waals surface area (Å²) < 4.78 is 10.5. The Balaban J connectivity index is 1.96. The van der Waals surface area contributed by atoms with Crippen LogP contribution in [0.4, 0.5) is 0 Å². The van der Waals surface area contributed by atoms with Gasteiger partial charge in [-0.05, 0) is 37.0 Å². The summed E-state index contributed by atoms with van der Waals surface area (Å²) in [6, 6.07) is 9.75. The summed E-state index contributed by atoms with van der Waals surface area (Å²) in [6.07, 6.45) is 4.32. The third kappa shape index (κ3) is 3.74. The number of benzene rings is 1. The third-order valence-corrected chi connectivity index (χ3v) is 3.66. The third-order valence-electron chi connectivity index (χ3n) is 3.66. The van der Waals surface area contributed by atoms with Crippen LogP contribution >= 0.6 is 0 Å². The molecule has 0 saturated heterocycles. The molecule has 0 N–H and O–H groups in total. The molecule has 4 heteroatoms. The van der Waals surface area contributed by atoms with Gasteiger partial charge >= 0.3 is 5.97 Å². The molecule has 0 bridgehead atoms. The second kappa shape index (κ2) is 6.95. The Morgan fingerprint density at radius 3 is 2.65 bits per heavy atom. The minimum absolute atomic E-state index is 0.0137. The van der Waals surface area contributed by atoms with Crippen LogP contribution in [0.2, 0.25) is 0 Å². The van der Waals surface area contributed by atoms with Crippen molar-refractivity contribution < 1.29 is 14.3 Å². The maximum absolute atomic E-state index is 11.2. The molecular weight excluding hydrogens is 254 g/mol. The number of ether oxygens (including phenoxy) is 2. The fraction of sp³-hybridized carbons (Fsp3) is 0.500. The fourth-order valence-electron chi connectivity index (χ4n) is 2.49. The van der Waals surface area contributed by atoms with Gasteiger partial charge in [-0.2, -0.15) is 5.26 Å². The lowest BCUT2D eigenvalue weighted by Crippen LogP contribution is -2.29. The minimum atomic E-state index is -0.254. The van der Waals surface area contributed by atoms with Crippen molar-refractivity contribution in [3.05, 3.63) is 29.8 Å². The number of hydrogen-bond donors (Lipinski definition) is 0. The van der Waals surface area contributed by atoms with Gasteiger partial charge < -0.3 is 9.47 Å². The Morgan fingerprint density at radius 1 is 1.30 bits per heavy atom. The number of nitrogens with zero attached hydrogens (tertiary/aromatic N) is 1. The van der Waals surface area contributed by atoms with Crippen LogP contribution in [0.15, 0.2) is 24.3 Å². The van der Waals surface area contributed by atoms with Crippen molar-refractivity contribution in [1.29, 1.82) is 5.26 Å². The maximum Gasteiger partial charge on any atom is 0.309 e. The number of hydrogen-bond acceptors (Lipinski definition) is 4. The smallest absolute Gasteiger partial charge is 0.309 e. The quantitative estimate of drug-likeness (QED) is 0.791. The van der Waals surface area contributed by atoms with Gasteiger partial charge in [0, 0.05) is 0 Å². The molecule has 0 radical (unpaired) electrons. The molecule has 1 saturated carbocycles. The molecule has 2 unspecified atom stereocenters. The van der Waals surface area contributed by atoms with Gasteiger partial charge in [0.1, 0.15) is 11.9 Å². The van der Waals surface area contributed by atoms with E-state index in [1.807, 2.05) is 24.3 Å². The van der Waals surface area contributed by atoms with Crippen LogP contribution in [0.3, 0.4) is 0 Å². The molecule has 0 aromatic heterocycles. The fourth-order valence-corrected chi connectivity index (χ4v) is 2.49. The highest BCUT2D eigenvalue weighted by Crippen LogP contribution is 2.28. The molecule has 0 spiro atoms. The number of nitriles is 1. The van der Waals surface area contributed by atoms with Crippen molar-refractivity contribution in [2.75, 3.05) is 7.11 Å². The van der Waals surface area contributed by atoms with Crippen molar-refractivity contribution in [3.63, 3.8) is 0 Å². The van der Waals surface area contributed by atoms with Crippen LogP contribution in [0.1, 0.15) is 31.2 Å².